The van der Waals surface area contributed by atoms with Crippen molar-refractivity contribution in [2.75, 3.05) is 11.9 Å². The van der Waals surface area contributed by atoms with Gasteiger partial charge in [0.1, 0.15) is 0 Å². The molecule has 0 bridgehead atoms. The zero-order valence-electron chi connectivity index (χ0n) is 12.5. The maximum atomic E-state index is 12.2. The van der Waals surface area contributed by atoms with Gasteiger partial charge < -0.3 is 15.2 Å². The molecular formula is C17H15N3O3. The summed E-state index contributed by atoms with van der Waals surface area (Å²) in [6.07, 6.45) is 6.61. The summed E-state index contributed by atoms with van der Waals surface area (Å²) >= 11 is 0. The fourth-order valence-electron chi connectivity index (χ4n) is 1.90. The second-order valence-electron chi connectivity index (χ2n) is 4.75. The van der Waals surface area contributed by atoms with Crippen molar-refractivity contribution in [3.63, 3.8) is 0 Å². The fraction of sp³-hybridized carbons (Fsp3) is 0.118. The zero-order chi connectivity index (χ0) is 16.8. The van der Waals surface area contributed by atoms with Gasteiger partial charge in [-0.25, -0.2) is 0 Å². The van der Waals surface area contributed by atoms with E-state index in [1.807, 2.05) is 0 Å². The monoisotopic (exact) mass is 309 g/mol. The minimum absolute atomic E-state index is 0.0931. The van der Waals surface area contributed by atoms with Gasteiger partial charge >= 0.3 is 0 Å². The van der Waals surface area contributed by atoms with Crippen LogP contribution in [0, 0.1) is 12.3 Å². The third-order valence-electron chi connectivity index (χ3n) is 3.14. The Bertz CT molecular complexity index is 847. The average Bonchev–Trinajstić information content (AvgIpc) is 2.55. The molecule has 0 radical (unpaired) electrons. The Morgan fingerprint density at radius 3 is 2.65 bits per heavy atom. The van der Waals surface area contributed by atoms with E-state index in [9.17, 15) is 14.4 Å². The molecule has 0 aliphatic carbocycles. The molecule has 2 rings (SSSR count). The number of anilines is 1. The molecule has 0 aliphatic heterocycles. The largest absolute Gasteiger partial charge is 0.341 e. The van der Waals surface area contributed by atoms with E-state index in [4.69, 9.17) is 6.42 Å². The second-order valence-corrected chi connectivity index (χ2v) is 4.75. The van der Waals surface area contributed by atoms with Crippen molar-refractivity contribution < 1.29 is 9.59 Å². The van der Waals surface area contributed by atoms with Gasteiger partial charge in [-0.05, 0) is 18.2 Å². The Morgan fingerprint density at radius 2 is 1.96 bits per heavy atom. The summed E-state index contributed by atoms with van der Waals surface area (Å²) in [5.41, 5.74) is 0.553. The van der Waals surface area contributed by atoms with Gasteiger partial charge in [0.25, 0.3) is 17.4 Å². The van der Waals surface area contributed by atoms with E-state index < -0.39 is 5.91 Å². The Balaban J connectivity index is 2.24. The number of aryl methyl sites for hydroxylation is 1. The number of terminal acetylenes is 1. The lowest BCUT2D eigenvalue weighted by atomic mass is 10.1. The molecule has 2 amide bonds. The Kier molecular flexibility index (Phi) is 4.95. The van der Waals surface area contributed by atoms with E-state index in [2.05, 4.69) is 16.6 Å². The summed E-state index contributed by atoms with van der Waals surface area (Å²) in [5, 5.41) is 5.17. The normalized spacial score (nSPS) is 9.74. The molecule has 2 aromatic rings. The van der Waals surface area contributed by atoms with Crippen LogP contribution in [0.5, 0.6) is 0 Å². The lowest BCUT2D eigenvalue weighted by molar-refractivity contribution is 0.0959. The lowest BCUT2D eigenvalue weighted by Crippen LogP contribution is -2.26. The topological polar surface area (TPSA) is 80.2 Å². The Hall–Kier alpha value is -3.33. The molecule has 0 saturated carbocycles. The molecule has 2 N–H and O–H groups in total. The summed E-state index contributed by atoms with van der Waals surface area (Å²) in [6, 6.07) is 9.31. The van der Waals surface area contributed by atoms with Crippen molar-refractivity contribution >= 4 is 17.5 Å². The quantitative estimate of drug-likeness (QED) is 0.827. The van der Waals surface area contributed by atoms with Crippen LogP contribution >= 0.6 is 0 Å². The van der Waals surface area contributed by atoms with E-state index in [-0.39, 0.29) is 23.6 Å². The minimum Gasteiger partial charge on any atom is -0.341 e. The first kappa shape index (κ1) is 16.0. The van der Waals surface area contributed by atoms with Crippen LogP contribution in [-0.2, 0) is 7.05 Å². The molecule has 23 heavy (non-hydrogen) atoms. The number of nitrogens with zero attached hydrogens (tertiary/aromatic N) is 1. The molecule has 1 heterocycles. The Morgan fingerprint density at radius 1 is 1.22 bits per heavy atom. The summed E-state index contributed by atoms with van der Waals surface area (Å²) in [6.45, 7) is 0.0931. The fourth-order valence-corrected chi connectivity index (χ4v) is 1.90. The first-order chi connectivity index (χ1) is 11.0. The van der Waals surface area contributed by atoms with Gasteiger partial charge in [0, 0.05) is 24.9 Å². The van der Waals surface area contributed by atoms with E-state index in [1.165, 1.54) is 22.9 Å². The maximum absolute atomic E-state index is 12.2. The highest BCUT2D eigenvalue weighted by molar-refractivity contribution is 6.08. The van der Waals surface area contributed by atoms with Crippen molar-refractivity contribution in [1.29, 1.82) is 0 Å². The van der Waals surface area contributed by atoms with E-state index in [0.717, 1.165) is 0 Å². The van der Waals surface area contributed by atoms with Crippen LogP contribution in [0.3, 0.4) is 0 Å². The number of nitrogens with one attached hydrogen (secondary N) is 2. The first-order valence-electron chi connectivity index (χ1n) is 6.81. The lowest BCUT2D eigenvalue weighted by Gasteiger charge is -2.10. The summed E-state index contributed by atoms with van der Waals surface area (Å²) in [4.78, 5) is 35.9. The number of hydrogen-bond acceptors (Lipinski definition) is 3. The number of aromatic nitrogens is 1. The number of pyridine rings is 1. The summed E-state index contributed by atoms with van der Waals surface area (Å²) < 4.78 is 1.36. The van der Waals surface area contributed by atoms with Crippen molar-refractivity contribution in [3.05, 3.63) is 64.1 Å². The molecule has 0 saturated heterocycles. The van der Waals surface area contributed by atoms with Gasteiger partial charge in [0.05, 0.1) is 17.8 Å². The molecule has 1 aromatic heterocycles. The van der Waals surface area contributed by atoms with Crippen molar-refractivity contribution in [1.82, 2.24) is 9.88 Å². The SMILES string of the molecule is C#CCNC(=O)c1ccccc1NC(=O)c1ccn(C)c(=O)c1. The van der Waals surface area contributed by atoms with Crippen molar-refractivity contribution in [2.45, 2.75) is 0 Å². The van der Waals surface area contributed by atoms with Crippen LogP contribution < -0.4 is 16.2 Å². The number of rotatable bonds is 4. The number of para-hydroxylation sites is 1. The van der Waals surface area contributed by atoms with Gasteiger partial charge in [-0.15, -0.1) is 6.42 Å². The number of amides is 2. The Labute approximate surface area is 133 Å². The van der Waals surface area contributed by atoms with Crippen LogP contribution in [-0.4, -0.2) is 22.9 Å². The first-order valence-corrected chi connectivity index (χ1v) is 6.81. The molecule has 1 aromatic carbocycles. The summed E-state index contributed by atoms with van der Waals surface area (Å²) in [7, 11) is 1.59. The third kappa shape index (κ3) is 3.86. The van der Waals surface area contributed by atoms with Gasteiger partial charge in [-0.2, -0.15) is 0 Å². The molecule has 0 unspecified atom stereocenters. The molecule has 6 heteroatoms. The van der Waals surface area contributed by atoms with E-state index in [1.54, 1.807) is 31.3 Å². The molecular weight excluding hydrogens is 294 g/mol. The highest BCUT2D eigenvalue weighted by atomic mass is 16.2. The standard InChI is InChI=1S/C17H15N3O3/c1-3-9-18-17(23)13-6-4-5-7-14(13)19-16(22)12-8-10-20(2)15(21)11-12/h1,4-8,10-11H,9H2,2H3,(H,18,23)(H,19,22). The van der Waals surface area contributed by atoms with Crippen LogP contribution in [0.2, 0.25) is 0 Å². The van der Waals surface area contributed by atoms with Crippen LogP contribution in [0.25, 0.3) is 0 Å². The van der Waals surface area contributed by atoms with Crippen LogP contribution in [0.4, 0.5) is 5.69 Å². The maximum Gasteiger partial charge on any atom is 0.255 e. The zero-order valence-corrected chi connectivity index (χ0v) is 12.5. The average molecular weight is 309 g/mol. The third-order valence-corrected chi connectivity index (χ3v) is 3.14. The highest BCUT2D eigenvalue weighted by Crippen LogP contribution is 2.16. The van der Waals surface area contributed by atoms with Gasteiger partial charge in [-0.1, -0.05) is 18.1 Å². The molecule has 0 aliphatic rings. The van der Waals surface area contributed by atoms with Crippen molar-refractivity contribution in [3.8, 4) is 12.3 Å². The predicted molar refractivity (Wildman–Crippen MR) is 87.2 cm³/mol. The number of carbonyl (C=O) groups excluding carboxylic acids is 2. The molecule has 0 fully saturated rings. The predicted octanol–water partition coefficient (Wildman–Crippen LogP) is 1.00. The minimum atomic E-state index is -0.472. The van der Waals surface area contributed by atoms with Gasteiger partial charge in [-0.3, -0.25) is 14.4 Å². The number of benzene rings is 1. The number of hydrogen-bond donors (Lipinski definition) is 2. The van der Waals surface area contributed by atoms with E-state index >= 15 is 0 Å². The second kappa shape index (κ2) is 7.09. The molecule has 116 valence electrons. The molecule has 6 nitrogen and oxygen atoms in total. The van der Waals surface area contributed by atoms with Crippen LogP contribution in [0.1, 0.15) is 20.7 Å². The molecule has 0 atom stereocenters. The number of carbonyl (C=O) groups is 2. The van der Waals surface area contributed by atoms with Gasteiger partial charge in [0.2, 0.25) is 0 Å². The molecule has 0 spiro atoms. The highest BCUT2D eigenvalue weighted by Gasteiger charge is 2.14. The summed E-state index contributed by atoms with van der Waals surface area (Å²) in [5.74, 6) is 1.45. The van der Waals surface area contributed by atoms with Crippen molar-refractivity contribution in [2.24, 2.45) is 7.05 Å². The van der Waals surface area contributed by atoms with Gasteiger partial charge in [0.15, 0.2) is 0 Å². The smallest absolute Gasteiger partial charge is 0.255 e. The van der Waals surface area contributed by atoms with E-state index in [0.29, 0.717) is 11.3 Å². The van der Waals surface area contributed by atoms with Crippen LogP contribution in [0.15, 0.2) is 47.4 Å².